The molecule has 0 aliphatic carbocycles. The Morgan fingerprint density at radius 1 is 1.40 bits per heavy atom. The van der Waals surface area contributed by atoms with Gasteiger partial charge in [-0.05, 0) is 32.0 Å². The molecule has 1 aromatic rings. The highest BCUT2D eigenvalue weighted by Crippen LogP contribution is 2.37. The van der Waals surface area contributed by atoms with Gasteiger partial charge in [0.15, 0.2) is 0 Å². The van der Waals surface area contributed by atoms with Crippen molar-refractivity contribution >= 4 is 25.6 Å². The van der Waals surface area contributed by atoms with Gasteiger partial charge in [0.1, 0.15) is 18.3 Å². The summed E-state index contributed by atoms with van der Waals surface area (Å²) in [6.45, 7) is 5.25. The maximum absolute atomic E-state index is 12.4. The average molecular weight is 318 g/mol. The van der Waals surface area contributed by atoms with Crippen molar-refractivity contribution in [3.8, 4) is 5.75 Å². The molecule has 0 aromatic heterocycles. The SMILES string of the molecule is CCN(CC)C(=O)C1COc2ccc(S(=O)(=O)Cl)cc21. The van der Waals surface area contributed by atoms with Crippen LogP contribution in [0.2, 0.25) is 0 Å². The molecular weight excluding hydrogens is 302 g/mol. The van der Waals surface area contributed by atoms with Crippen molar-refractivity contribution in [3.63, 3.8) is 0 Å². The van der Waals surface area contributed by atoms with E-state index in [1.54, 1.807) is 11.0 Å². The molecule has 1 heterocycles. The highest BCUT2D eigenvalue weighted by Gasteiger charge is 2.33. The van der Waals surface area contributed by atoms with Crippen LogP contribution < -0.4 is 4.74 Å². The van der Waals surface area contributed by atoms with Crippen molar-refractivity contribution in [2.45, 2.75) is 24.7 Å². The van der Waals surface area contributed by atoms with Gasteiger partial charge in [-0.3, -0.25) is 4.79 Å². The van der Waals surface area contributed by atoms with Crippen molar-refractivity contribution in [1.82, 2.24) is 4.90 Å². The van der Waals surface area contributed by atoms with Crippen molar-refractivity contribution < 1.29 is 17.9 Å². The fourth-order valence-electron chi connectivity index (χ4n) is 2.30. The van der Waals surface area contributed by atoms with Gasteiger partial charge < -0.3 is 9.64 Å². The molecule has 0 fully saturated rings. The van der Waals surface area contributed by atoms with Crippen molar-refractivity contribution in [3.05, 3.63) is 23.8 Å². The highest BCUT2D eigenvalue weighted by molar-refractivity contribution is 8.13. The van der Waals surface area contributed by atoms with Gasteiger partial charge in [-0.1, -0.05) is 0 Å². The van der Waals surface area contributed by atoms with Crippen molar-refractivity contribution in [2.75, 3.05) is 19.7 Å². The number of halogens is 1. The van der Waals surface area contributed by atoms with Gasteiger partial charge in [0.2, 0.25) is 5.91 Å². The van der Waals surface area contributed by atoms with Crippen LogP contribution in [0.4, 0.5) is 0 Å². The molecule has 1 amide bonds. The number of rotatable bonds is 4. The zero-order valence-electron chi connectivity index (χ0n) is 11.3. The first-order valence-corrected chi connectivity index (χ1v) is 8.69. The lowest BCUT2D eigenvalue weighted by Gasteiger charge is -2.22. The summed E-state index contributed by atoms with van der Waals surface area (Å²) in [4.78, 5) is 14.1. The maximum Gasteiger partial charge on any atom is 0.261 e. The van der Waals surface area contributed by atoms with Crippen LogP contribution in [0.25, 0.3) is 0 Å². The number of hydrogen-bond donors (Lipinski definition) is 0. The minimum atomic E-state index is -3.81. The standard InChI is InChI=1S/C13H16ClNO4S/c1-3-15(4-2)13(16)11-8-19-12-6-5-9(7-10(11)12)20(14,17)18/h5-7,11H,3-4,8H2,1-2H3. The van der Waals surface area contributed by atoms with Crippen LogP contribution in [-0.2, 0) is 13.8 Å². The van der Waals surface area contributed by atoms with Gasteiger partial charge in [-0.15, -0.1) is 0 Å². The summed E-state index contributed by atoms with van der Waals surface area (Å²) in [6.07, 6.45) is 0. The second-order valence-corrected chi connectivity index (χ2v) is 7.08. The third-order valence-electron chi connectivity index (χ3n) is 3.42. The van der Waals surface area contributed by atoms with Gasteiger partial charge in [0.25, 0.3) is 9.05 Å². The molecule has 5 nitrogen and oxygen atoms in total. The van der Waals surface area contributed by atoms with E-state index in [4.69, 9.17) is 15.4 Å². The molecule has 2 rings (SSSR count). The minimum Gasteiger partial charge on any atom is -0.492 e. The first kappa shape index (κ1) is 15.1. The van der Waals surface area contributed by atoms with Crippen LogP contribution in [0, 0.1) is 0 Å². The Morgan fingerprint density at radius 2 is 2.05 bits per heavy atom. The summed E-state index contributed by atoms with van der Waals surface area (Å²) in [5.41, 5.74) is 0.587. The van der Waals surface area contributed by atoms with Crippen LogP contribution in [0.3, 0.4) is 0 Å². The summed E-state index contributed by atoms with van der Waals surface area (Å²) >= 11 is 0. The molecule has 20 heavy (non-hydrogen) atoms. The lowest BCUT2D eigenvalue weighted by molar-refractivity contribution is -0.132. The van der Waals surface area contributed by atoms with E-state index < -0.39 is 15.0 Å². The molecule has 0 saturated carbocycles. The third kappa shape index (κ3) is 2.76. The Hall–Kier alpha value is -1.27. The smallest absolute Gasteiger partial charge is 0.261 e. The molecule has 1 aliphatic heterocycles. The zero-order valence-corrected chi connectivity index (χ0v) is 12.9. The first-order chi connectivity index (χ1) is 9.38. The number of hydrogen-bond acceptors (Lipinski definition) is 4. The number of amides is 1. The topological polar surface area (TPSA) is 63.7 Å². The fourth-order valence-corrected chi connectivity index (χ4v) is 3.09. The summed E-state index contributed by atoms with van der Waals surface area (Å²) in [5, 5.41) is 0. The van der Waals surface area contributed by atoms with Crippen LogP contribution >= 0.6 is 10.7 Å². The Kier molecular flexibility index (Phi) is 4.25. The lowest BCUT2D eigenvalue weighted by Crippen LogP contribution is -2.35. The number of likely N-dealkylation sites (N-methyl/N-ethyl adjacent to an activating group) is 1. The van der Waals surface area contributed by atoms with Crippen LogP contribution in [0.5, 0.6) is 5.75 Å². The normalized spacial score (nSPS) is 17.4. The van der Waals surface area contributed by atoms with Gasteiger partial charge in [-0.25, -0.2) is 8.42 Å². The number of nitrogens with zero attached hydrogens (tertiary/aromatic N) is 1. The largest absolute Gasteiger partial charge is 0.492 e. The number of carbonyl (C=O) groups is 1. The Balaban J connectivity index is 2.39. The van der Waals surface area contributed by atoms with Gasteiger partial charge in [-0.2, -0.15) is 0 Å². The quantitative estimate of drug-likeness (QED) is 0.796. The Bertz CT molecular complexity index is 625. The van der Waals surface area contributed by atoms with Gasteiger partial charge in [0, 0.05) is 29.3 Å². The van der Waals surface area contributed by atoms with E-state index in [-0.39, 0.29) is 17.4 Å². The molecular formula is C13H16ClNO4S. The third-order valence-corrected chi connectivity index (χ3v) is 4.77. The predicted octanol–water partition coefficient (Wildman–Crippen LogP) is 1.96. The van der Waals surface area contributed by atoms with Crippen molar-refractivity contribution in [1.29, 1.82) is 0 Å². The average Bonchev–Trinajstić information content (AvgIpc) is 2.81. The molecule has 0 spiro atoms. The second kappa shape index (κ2) is 5.61. The van der Waals surface area contributed by atoms with E-state index in [1.165, 1.54) is 12.1 Å². The molecule has 0 radical (unpaired) electrons. The zero-order chi connectivity index (χ0) is 14.9. The minimum absolute atomic E-state index is 0.0132. The number of carbonyl (C=O) groups excluding carboxylic acids is 1. The van der Waals surface area contributed by atoms with Gasteiger partial charge in [0.05, 0.1) is 4.90 Å². The lowest BCUT2D eigenvalue weighted by atomic mass is 10.00. The van der Waals surface area contributed by atoms with Crippen molar-refractivity contribution in [2.24, 2.45) is 0 Å². The molecule has 0 saturated heterocycles. The summed E-state index contributed by atoms with van der Waals surface area (Å²) in [5.74, 6) is 0.0145. The summed E-state index contributed by atoms with van der Waals surface area (Å²) < 4.78 is 28.2. The molecule has 1 aromatic carbocycles. The second-order valence-electron chi connectivity index (χ2n) is 4.51. The van der Waals surface area contributed by atoms with E-state index in [9.17, 15) is 13.2 Å². The van der Waals surface area contributed by atoms with E-state index in [1.807, 2.05) is 13.8 Å². The monoisotopic (exact) mass is 317 g/mol. The number of benzene rings is 1. The Labute approximate surface area is 122 Å². The van der Waals surface area contributed by atoms with E-state index >= 15 is 0 Å². The molecule has 0 N–H and O–H groups in total. The van der Waals surface area contributed by atoms with E-state index in [0.717, 1.165) is 0 Å². The van der Waals surface area contributed by atoms with Crippen LogP contribution in [0.1, 0.15) is 25.3 Å². The molecule has 1 unspecified atom stereocenters. The van der Waals surface area contributed by atoms with E-state index in [0.29, 0.717) is 24.4 Å². The van der Waals surface area contributed by atoms with Crippen LogP contribution in [0.15, 0.2) is 23.1 Å². The fraction of sp³-hybridized carbons (Fsp3) is 0.462. The highest BCUT2D eigenvalue weighted by atomic mass is 35.7. The molecule has 1 aliphatic rings. The van der Waals surface area contributed by atoms with Gasteiger partial charge >= 0.3 is 0 Å². The Morgan fingerprint density at radius 3 is 2.60 bits per heavy atom. The number of ether oxygens (including phenoxy) is 1. The van der Waals surface area contributed by atoms with Crippen LogP contribution in [-0.4, -0.2) is 38.9 Å². The molecule has 110 valence electrons. The first-order valence-electron chi connectivity index (χ1n) is 6.38. The number of fused-ring (bicyclic) bond motifs is 1. The molecule has 1 atom stereocenters. The maximum atomic E-state index is 12.4. The predicted molar refractivity (Wildman–Crippen MR) is 75.6 cm³/mol. The molecule has 0 bridgehead atoms. The molecule has 7 heteroatoms. The summed E-state index contributed by atoms with van der Waals surface area (Å²) in [7, 11) is 1.53. The summed E-state index contributed by atoms with van der Waals surface area (Å²) in [6, 6.07) is 4.35. The van der Waals surface area contributed by atoms with E-state index in [2.05, 4.69) is 0 Å².